The fourth-order valence-corrected chi connectivity index (χ4v) is 1.31. The number of nitrogens with two attached hydrogens (primary N) is 1. The molecule has 7 heteroatoms. The average molecular weight is 276 g/mol. The second-order valence-electron chi connectivity index (χ2n) is 3.25. The van der Waals surface area contributed by atoms with Gasteiger partial charge in [0.2, 0.25) is 0 Å². The Morgan fingerprint density at radius 2 is 2.28 bits per heavy atom. The summed E-state index contributed by atoms with van der Waals surface area (Å²) < 4.78 is 23.0. The fourth-order valence-electron chi connectivity index (χ4n) is 1.10. The normalized spacial score (nSPS) is 11.2. The SMILES string of the molecule is COC(=CC(=O)O)COc1cc(N)c(F)cc1Cl. The Morgan fingerprint density at radius 1 is 1.61 bits per heavy atom. The van der Waals surface area contributed by atoms with Crippen molar-refractivity contribution >= 4 is 23.3 Å². The maximum Gasteiger partial charge on any atom is 0.331 e. The molecule has 1 aromatic carbocycles. The standard InChI is InChI=1S/C11H11ClFNO4/c1-17-6(2-11(15)16)5-18-10-4-9(14)8(13)3-7(10)12/h2-4H,5,14H2,1H3,(H,15,16). The van der Waals surface area contributed by atoms with Gasteiger partial charge in [-0.25, -0.2) is 9.18 Å². The third kappa shape index (κ3) is 3.81. The maximum atomic E-state index is 13.0. The van der Waals surface area contributed by atoms with E-state index in [2.05, 4.69) is 0 Å². The Balaban J connectivity index is 2.80. The molecule has 0 spiro atoms. The lowest BCUT2D eigenvalue weighted by Gasteiger charge is -2.10. The number of benzene rings is 1. The summed E-state index contributed by atoms with van der Waals surface area (Å²) in [5.74, 6) is -1.59. The van der Waals surface area contributed by atoms with Crippen molar-refractivity contribution in [2.24, 2.45) is 0 Å². The highest BCUT2D eigenvalue weighted by Gasteiger charge is 2.09. The molecule has 0 fully saturated rings. The van der Waals surface area contributed by atoms with Gasteiger partial charge in [-0.05, 0) is 6.07 Å². The van der Waals surface area contributed by atoms with E-state index in [-0.39, 0.29) is 28.8 Å². The van der Waals surface area contributed by atoms with E-state index in [0.29, 0.717) is 0 Å². The molecule has 3 N–H and O–H groups in total. The highest BCUT2D eigenvalue weighted by atomic mass is 35.5. The molecule has 98 valence electrons. The Kier molecular flexibility index (Phi) is 4.79. The first-order valence-electron chi connectivity index (χ1n) is 4.79. The topological polar surface area (TPSA) is 81.8 Å². The van der Waals surface area contributed by atoms with Crippen molar-refractivity contribution in [1.82, 2.24) is 0 Å². The number of carboxylic acid groups (broad SMARTS) is 1. The Bertz CT molecular complexity index is 490. The van der Waals surface area contributed by atoms with Crippen LogP contribution in [0.15, 0.2) is 24.0 Å². The second kappa shape index (κ2) is 6.11. The largest absolute Gasteiger partial charge is 0.497 e. The van der Waals surface area contributed by atoms with Crippen molar-refractivity contribution in [3.8, 4) is 5.75 Å². The van der Waals surface area contributed by atoms with Gasteiger partial charge in [-0.3, -0.25) is 0 Å². The van der Waals surface area contributed by atoms with E-state index in [1.165, 1.54) is 13.2 Å². The molecular formula is C11H11ClFNO4. The molecule has 0 saturated heterocycles. The molecule has 5 nitrogen and oxygen atoms in total. The van der Waals surface area contributed by atoms with Crippen LogP contribution < -0.4 is 10.5 Å². The van der Waals surface area contributed by atoms with Crippen molar-refractivity contribution in [2.75, 3.05) is 19.5 Å². The zero-order valence-electron chi connectivity index (χ0n) is 9.44. The molecule has 0 radical (unpaired) electrons. The number of hydrogen-bond acceptors (Lipinski definition) is 4. The van der Waals surface area contributed by atoms with Gasteiger partial charge < -0.3 is 20.3 Å². The number of carbonyl (C=O) groups is 1. The Labute approximate surface area is 108 Å². The first-order chi connectivity index (χ1) is 8.43. The van der Waals surface area contributed by atoms with E-state index in [1.54, 1.807) is 0 Å². The number of ether oxygens (including phenoxy) is 2. The fraction of sp³-hybridized carbons (Fsp3) is 0.182. The lowest BCUT2D eigenvalue weighted by Crippen LogP contribution is -2.06. The minimum absolute atomic E-state index is 0.0347. The number of methoxy groups -OCH3 is 1. The zero-order chi connectivity index (χ0) is 13.7. The minimum Gasteiger partial charge on any atom is -0.497 e. The van der Waals surface area contributed by atoms with Gasteiger partial charge in [0, 0.05) is 6.07 Å². The molecule has 0 aliphatic rings. The van der Waals surface area contributed by atoms with Gasteiger partial charge in [0.25, 0.3) is 0 Å². The van der Waals surface area contributed by atoms with Crippen molar-refractivity contribution in [3.63, 3.8) is 0 Å². The minimum atomic E-state index is -1.17. The van der Waals surface area contributed by atoms with Crippen molar-refractivity contribution in [2.45, 2.75) is 0 Å². The molecule has 0 heterocycles. The molecular weight excluding hydrogens is 265 g/mol. The first-order valence-corrected chi connectivity index (χ1v) is 5.16. The van der Waals surface area contributed by atoms with Crippen LogP contribution in [0.3, 0.4) is 0 Å². The molecule has 0 saturated carbocycles. The highest BCUT2D eigenvalue weighted by molar-refractivity contribution is 6.32. The number of aliphatic carboxylic acids is 1. The zero-order valence-corrected chi connectivity index (χ0v) is 10.2. The van der Waals surface area contributed by atoms with Gasteiger partial charge in [0.05, 0.1) is 23.9 Å². The Morgan fingerprint density at radius 3 is 2.83 bits per heavy atom. The summed E-state index contributed by atoms with van der Waals surface area (Å²) in [7, 11) is 1.30. The molecule has 0 aliphatic heterocycles. The van der Waals surface area contributed by atoms with E-state index >= 15 is 0 Å². The number of nitrogen functional groups attached to an aromatic ring is 1. The third-order valence-corrected chi connectivity index (χ3v) is 2.26. The predicted molar refractivity (Wildman–Crippen MR) is 64.0 cm³/mol. The second-order valence-corrected chi connectivity index (χ2v) is 3.65. The maximum absolute atomic E-state index is 13.0. The summed E-state index contributed by atoms with van der Waals surface area (Å²) in [6.45, 7) is -0.159. The van der Waals surface area contributed by atoms with Crippen LogP contribution in [0.25, 0.3) is 0 Å². The van der Waals surface area contributed by atoms with Crippen LogP contribution >= 0.6 is 11.6 Å². The van der Waals surface area contributed by atoms with Crippen LogP contribution in [0.1, 0.15) is 0 Å². The molecule has 0 unspecified atom stereocenters. The number of hydrogen-bond donors (Lipinski definition) is 2. The molecule has 0 amide bonds. The van der Waals surface area contributed by atoms with E-state index in [9.17, 15) is 9.18 Å². The molecule has 0 aromatic heterocycles. The number of carboxylic acids is 1. The van der Waals surface area contributed by atoms with Crippen molar-refractivity contribution < 1.29 is 23.8 Å². The molecule has 0 aliphatic carbocycles. The quantitative estimate of drug-likeness (QED) is 0.488. The highest BCUT2D eigenvalue weighted by Crippen LogP contribution is 2.29. The van der Waals surface area contributed by atoms with Crippen LogP contribution in [-0.2, 0) is 9.53 Å². The molecule has 1 rings (SSSR count). The predicted octanol–water partition coefficient (Wildman–Crippen LogP) is 2.05. The number of rotatable bonds is 5. The summed E-state index contributed by atoms with van der Waals surface area (Å²) in [6, 6.07) is 2.23. The van der Waals surface area contributed by atoms with Crippen LogP contribution in [-0.4, -0.2) is 24.8 Å². The van der Waals surface area contributed by atoms with E-state index in [0.717, 1.165) is 12.1 Å². The van der Waals surface area contributed by atoms with Gasteiger partial charge in [0.15, 0.2) is 0 Å². The summed E-state index contributed by atoms with van der Waals surface area (Å²) >= 11 is 5.74. The molecule has 0 bridgehead atoms. The third-order valence-electron chi connectivity index (χ3n) is 1.97. The molecule has 18 heavy (non-hydrogen) atoms. The molecule has 0 atom stereocenters. The number of halogens is 2. The van der Waals surface area contributed by atoms with E-state index in [1.807, 2.05) is 0 Å². The summed E-state index contributed by atoms with van der Waals surface area (Å²) in [5, 5.41) is 8.57. The van der Waals surface area contributed by atoms with Crippen molar-refractivity contribution in [3.05, 3.63) is 34.8 Å². The monoisotopic (exact) mass is 275 g/mol. The first kappa shape index (κ1) is 14.1. The number of anilines is 1. The molecule has 1 aromatic rings. The van der Waals surface area contributed by atoms with Gasteiger partial charge in [-0.1, -0.05) is 11.6 Å². The van der Waals surface area contributed by atoms with Gasteiger partial charge >= 0.3 is 5.97 Å². The van der Waals surface area contributed by atoms with Crippen LogP contribution in [0, 0.1) is 5.82 Å². The van der Waals surface area contributed by atoms with Crippen LogP contribution in [0.5, 0.6) is 5.75 Å². The Hall–Kier alpha value is -1.95. The van der Waals surface area contributed by atoms with Gasteiger partial charge in [-0.15, -0.1) is 0 Å². The summed E-state index contributed by atoms with van der Waals surface area (Å²) in [5.41, 5.74) is 5.24. The lowest BCUT2D eigenvalue weighted by atomic mass is 10.3. The van der Waals surface area contributed by atoms with E-state index in [4.69, 9.17) is 31.9 Å². The van der Waals surface area contributed by atoms with Gasteiger partial charge in [0.1, 0.15) is 23.9 Å². The summed E-state index contributed by atoms with van der Waals surface area (Å²) in [6.07, 6.45) is 0.848. The summed E-state index contributed by atoms with van der Waals surface area (Å²) in [4.78, 5) is 10.4. The van der Waals surface area contributed by atoms with Crippen LogP contribution in [0.2, 0.25) is 5.02 Å². The van der Waals surface area contributed by atoms with Crippen LogP contribution in [0.4, 0.5) is 10.1 Å². The lowest BCUT2D eigenvalue weighted by molar-refractivity contribution is -0.131. The smallest absolute Gasteiger partial charge is 0.331 e. The van der Waals surface area contributed by atoms with Gasteiger partial charge in [-0.2, -0.15) is 0 Å². The average Bonchev–Trinajstić information content (AvgIpc) is 2.29. The van der Waals surface area contributed by atoms with E-state index < -0.39 is 11.8 Å². The van der Waals surface area contributed by atoms with Crippen molar-refractivity contribution in [1.29, 1.82) is 0 Å².